The lowest BCUT2D eigenvalue weighted by Crippen LogP contribution is -2.41. The van der Waals surface area contributed by atoms with Gasteiger partial charge in [0.2, 0.25) is 5.91 Å². The van der Waals surface area contributed by atoms with Gasteiger partial charge >= 0.3 is 0 Å². The van der Waals surface area contributed by atoms with Crippen LogP contribution in [0.25, 0.3) is 0 Å². The van der Waals surface area contributed by atoms with E-state index in [9.17, 15) is 4.79 Å². The van der Waals surface area contributed by atoms with Crippen molar-refractivity contribution in [3.63, 3.8) is 0 Å². The Morgan fingerprint density at radius 1 is 1.15 bits per heavy atom. The number of likely N-dealkylation sites (N-methyl/N-ethyl adjacent to an activating group) is 1. The summed E-state index contributed by atoms with van der Waals surface area (Å²) < 4.78 is 0. The number of rotatable bonds is 5. The Morgan fingerprint density at radius 2 is 1.80 bits per heavy atom. The number of likely N-dealkylation sites (tertiary alicyclic amines) is 1. The van der Waals surface area contributed by atoms with Crippen LogP contribution in [0.15, 0.2) is 24.3 Å². The molecule has 0 radical (unpaired) electrons. The van der Waals surface area contributed by atoms with Crippen LogP contribution in [-0.2, 0) is 11.3 Å². The number of hydrogen-bond acceptors (Lipinski definition) is 2. The molecule has 0 unspecified atom stereocenters. The Morgan fingerprint density at radius 3 is 2.40 bits per heavy atom. The molecule has 1 aromatic carbocycles. The monoisotopic (exact) mass is 274 g/mol. The highest BCUT2D eigenvalue weighted by Gasteiger charge is 2.18. The molecule has 1 aliphatic heterocycles. The molecule has 1 aliphatic rings. The van der Waals surface area contributed by atoms with Gasteiger partial charge in [-0.1, -0.05) is 36.2 Å². The van der Waals surface area contributed by atoms with E-state index in [0.29, 0.717) is 6.54 Å². The summed E-state index contributed by atoms with van der Waals surface area (Å²) in [4.78, 5) is 16.7. The number of piperidine rings is 1. The van der Waals surface area contributed by atoms with Crippen LogP contribution < -0.4 is 0 Å². The molecule has 0 saturated carbocycles. The van der Waals surface area contributed by atoms with Crippen molar-refractivity contribution in [2.45, 2.75) is 39.7 Å². The minimum absolute atomic E-state index is 0.259. The SMILES string of the molecule is CCN(Cc1ccc(C)cc1)C(=O)CN1CCCCC1. The highest BCUT2D eigenvalue weighted by molar-refractivity contribution is 5.78. The van der Waals surface area contributed by atoms with E-state index in [4.69, 9.17) is 0 Å². The summed E-state index contributed by atoms with van der Waals surface area (Å²) in [7, 11) is 0. The molecule has 0 spiro atoms. The fourth-order valence-corrected chi connectivity index (χ4v) is 2.70. The largest absolute Gasteiger partial charge is 0.338 e. The van der Waals surface area contributed by atoms with Crippen LogP contribution in [-0.4, -0.2) is 41.9 Å². The number of aryl methyl sites for hydroxylation is 1. The van der Waals surface area contributed by atoms with E-state index >= 15 is 0 Å². The van der Waals surface area contributed by atoms with Gasteiger partial charge in [0.05, 0.1) is 6.54 Å². The van der Waals surface area contributed by atoms with E-state index in [2.05, 4.69) is 43.0 Å². The topological polar surface area (TPSA) is 23.6 Å². The molecule has 0 N–H and O–H groups in total. The second kappa shape index (κ2) is 7.44. The Bertz CT molecular complexity index is 421. The Balaban J connectivity index is 1.89. The fraction of sp³-hybridized carbons (Fsp3) is 0.588. The smallest absolute Gasteiger partial charge is 0.237 e. The minimum Gasteiger partial charge on any atom is -0.338 e. The molecule has 2 rings (SSSR count). The van der Waals surface area contributed by atoms with Gasteiger partial charge in [-0.3, -0.25) is 9.69 Å². The third-order valence-corrected chi connectivity index (χ3v) is 4.04. The van der Waals surface area contributed by atoms with E-state index in [1.54, 1.807) is 0 Å². The zero-order chi connectivity index (χ0) is 14.4. The quantitative estimate of drug-likeness (QED) is 0.824. The van der Waals surface area contributed by atoms with Crippen molar-refractivity contribution in [1.29, 1.82) is 0 Å². The zero-order valence-electron chi connectivity index (χ0n) is 12.8. The molecule has 1 heterocycles. The van der Waals surface area contributed by atoms with Crippen molar-refractivity contribution in [3.8, 4) is 0 Å². The fourth-order valence-electron chi connectivity index (χ4n) is 2.70. The van der Waals surface area contributed by atoms with Gasteiger partial charge in [-0.15, -0.1) is 0 Å². The molecule has 110 valence electrons. The third kappa shape index (κ3) is 4.34. The van der Waals surface area contributed by atoms with Crippen LogP contribution in [0.5, 0.6) is 0 Å². The van der Waals surface area contributed by atoms with Gasteiger partial charge in [-0.05, 0) is 45.3 Å². The normalized spacial score (nSPS) is 16.1. The van der Waals surface area contributed by atoms with Crippen molar-refractivity contribution >= 4 is 5.91 Å². The molecule has 0 aliphatic carbocycles. The van der Waals surface area contributed by atoms with Crippen molar-refractivity contribution in [3.05, 3.63) is 35.4 Å². The lowest BCUT2D eigenvalue weighted by Gasteiger charge is -2.29. The summed E-state index contributed by atoms with van der Waals surface area (Å²) in [6.07, 6.45) is 3.78. The van der Waals surface area contributed by atoms with E-state index in [-0.39, 0.29) is 5.91 Å². The summed E-state index contributed by atoms with van der Waals surface area (Å²) >= 11 is 0. The van der Waals surface area contributed by atoms with E-state index < -0.39 is 0 Å². The molecule has 1 aromatic rings. The number of carbonyl (C=O) groups excluding carboxylic acids is 1. The molecule has 0 aromatic heterocycles. The van der Waals surface area contributed by atoms with Gasteiger partial charge < -0.3 is 4.90 Å². The highest BCUT2D eigenvalue weighted by Crippen LogP contribution is 2.11. The number of amides is 1. The van der Waals surface area contributed by atoms with Crippen LogP contribution in [0.3, 0.4) is 0 Å². The lowest BCUT2D eigenvalue weighted by atomic mass is 10.1. The maximum absolute atomic E-state index is 12.4. The first-order valence-corrected chi connectivity index (χ1v) is 7.74. The first-order chi connectivity index (χ1) is 9.69. The first kappa shape index (κ1) is 15.0. The average molecular weight is 274 g/mol. The predicted molar refractivity (Wildman–Crippen MR) is 82.6 cm³/mol. The predicted octanol–water partition coefficient (Wildman–Crippen LogP) is 2.83. The summed E-state index contributed by atoms with van der Waals surface area (Å²) in [5, 5.41) is 0. The van der Waals surface area contributed by atoms with Crippen LogP contribution in [0.2, 0.25) is 0 Å². The van der Waals surface area contributed by atoms with Crippen LogP contribution in [0.1, 0.15) is 37.3 Å². The molecular formula is C17H26N2O. The van der Waals surface area contributed by atoms with Gasteiger partial charge in [-0.25, -0.2) is 0 Å². The van der Waals surface area contributed by atoms with Crippen molar-refractivity contribution in [2.75, 3.05) is 26.2 Å². The molecule has 0 atom stereocenters. The molecule has 1 fully saturated rings. The maximum atomic E-state index is 12.4. The molecule has 3 nitrogen and oxygen atoms in total. The standard InChI is InChI=1S/C17H26N2O/c1-3-19(13-16-9-7-15(2)8-10-16)17(20)14-18-11-5-4-6-12-18/h7-10H,3-6,11-14H2,1-2H3. The van der Waals surface area contributed by atoms with E-state index in [0.717, 1.165) is 26.2 Å². The van der Waals surface area contributed by atoms with Gasteiger partial charge in [-0.2, -0.15) is 0 Å². The summed E-state index contributed by atoms with van der Waals surface area (Å²) in [5.41, 5.74) is 2.47. The minimum atomic E-state index is 0.259. The van der Waals surface area contributed by atoms with Crippen molar-refractivity contribution in [2.24, 2.45) is 0 Å². The maximum Gasteiger partial charge on any atom is 0.237 e. The Kier molecular flexibility index (Phi) is 5.60. The van der Waals surface area contributed by atoms with Gasteiger partial charge in [0.1, 0.15) is 0 Å². The molecule has 20 heavy (non-hydrogen) atoms. The van der Waals surface area contributed by atoms with Gasteiger partial charge in [0.15, 0.2) is 0 Å². The number of nitrogens with zero attached hydrogens (tertiary/aromatic N) is 2. The lowest BCUT2D eigenvalue weighted by molar-refractivity contribution is -0.133. The first-order valence-electron chi connectivity index (χ1n) is 7.74. The number of benzene rings is 1. The van der Waals surface area contributed by atoms with Gasteiger partial charge in [0, 0.05) is 13.1 Å². The molecule has 3 heteroatoms. The van der Waals surface area contributed by atoms with Gasteiger partial charge in [0.25, 0.3) is 0 Å². The Hall–Kier alpha value is -1.35. The molecule has 1 amide bonds. The van der Waals surface area contributed by atoms with Crippen LogP contribution in [0, 0.1) is 6.92 Å². The summed E-state index contributed by atoms with van der Waals surface area (Å²) in [6, 6.07) is 8.45. The number of carbonyl (C=O) groups is 1. The Labute approximate surface area is 122 Å². The van der Waals surface area contributed by atoms with Crippen molar-refractivity contribution < 1.29 is 4.79 Å². The van der Waals surface area contributed by atoms with E-state index in [1.807, 2.05) is 4.90 Å². The van der Waals surface area contributed by atoms with Crippen LogP contribution in [0.4, 0.5) is 0 Å². The average Bonchev–Trinajstić information content (AvgIpc) is 2.47. The second-order valence-electron chi connectivity index (χ2n) is 5.73. The highest BCUT2D eigenvalue weighted by atomic mass is 16.2. The third-order valence-electron chi connectivity index (χ3n) is 4.04. The second-order valence-corrected chi connectivity index (χ2v) is 5.73. The molecular weight excluding hydrogens is 248 g/mol. The molecule has 0 bridgehead atoms. The molecule has 1 saturated heterocycles. The van der Waals surface area contributed by atoms with Crippen molar-refractivity contribution in [1.82, 2.24) is 9.80 Å². The summed E-state index contributed by atoms with van der Waals surface area (Å²) in [5.74, 6) is 0.259. The zero-order valence-corrected chi connectivity index (χ0v) is 12.8. The number of hydrogen-bond donors (Lipinski definition) is 0. The summed E-state index contributed by atoms with van der Waals surface area (Å²) in [6.45, 7) is 8.39. The van der Waals surface area contributed by atoms with Crippen LogP contribution >= 0.6 is 0 Å². The van der Waals surface area contributed by atoms with E-state index in [1.165, 1.54) is 30.4 Å².